The topological polar surface area (TPSA) is 61.4 Å². The molecule has 0 radical (unpaired) electrons. The third-order valence-corrected chi connectivity index (χ3v) is 5.22. The van der Waals surface area contributed by atoms with Crippen molar-refractivity contribution in [1.82, 2.24) is 14.3 Å². The smallest absolute Gasteiger partial charge is 0.279 e. The summed E-state index contributed by atoms with van der Waals surface area (Å²) in [5.41, 5.74) is 2.49. The van der Waals surface area contributed by atoms with E-state index in [9.17, 15) is 8.42 Å². The predicted molar refractivity (Wildman–Crippen MR) is 92.5 cm³/mol. The fraction of sp³-hybridized carbons (Fsp3) is 0.600. The van der Waals surface area contributed by atoms with E-state index in [0.29, 0.717) is 19.0 Å². The maximum atomic E-state index is 12.2. The second-order valence-electron chi connectivity index (χ2n) is 5.98. The van der Waals surface area contributed by atoms with Crippen LogP contribution in [0, 0.1) is 5.92 Å². The van der Waals surface area contributed by atoms with Gasteiger partial charge in [-0.1, -0.05) is 38.1 Å². The zero-order valence-corrected chi connectivity index (χ0v) is 15.0. The summed E-state index contributed by atoms with van der Waals surface area (Å²) >= 11 is 0. The highest BCUT2D eigenvalue weighted by molar-refractivity contribution is 7.87. The molecule has 2 rings (SSSR count). The van der Waals surface area contributed by atoms with Gasteiger partial charge in [-0.15, -0.1) is 12.4 Å². The Labute approximate surface area is 140 Å². The van der Waals surface area contributed by atoms with E-state index in [4.69, 9.17) is 0 Å². The van der Waals surface area contributed by atoms with Crippen LogP contribution in [0.4, 0.5) is 0 Å². The molecule has 0 bridgehead atoms. The van der Waals surface area contributed by atoms with Crippen LogP contribution in [0.15, 0.2) is 24.3 Å². The third kappa shape index (κ3) is 4.93. The molecule has 1 atom stereocenters. The molecule has 22 heavy (non-hydrogen) atoms. The molecule has 0 fully saturated rings. The number of hydrogen-bond acceptors (Lipinski definition) is 3. The molecule has 0 spiro atoms. The predicted octanol–water partition coefficient (Wildman–Crippen LogP) is 1.72. The quantitative estimate of drug-likeness (QED) is 0.823. The first kappa shape index (κ1) is 19.4. The van der Waals surface area contributed by atoms with Crippen LogP contribution in [0.5, 0.6) is 0 Å². The van der Waals surface area contributed by atoms with E-state index in [1.807, 2.05) is 26.0 Å². The molecule has 1 aliphatic rings. The summed E-state index contributed by atoms with van der Waals surface area (Å²) in [5.74, 6) is 0.306. The SMILES string of the molecule is CC(C)CN(C)S(=O)(=O)NCC1NCCc2ccccc21.Cl. The van der Waals surface area contributed by atoms with E-state index in [-0.39, 0.29) is 18.4 Å². The molecule has 1 aliphatic heterocycles. The van der Waals surface area contributed by atoms with Gasteiger partial charge in [0.1, 0.15) is 0 Å². The summed E-state index contributed by atoms with van der Waals surface area (Å²) < 4.78 is 28.5. The van der Waals surface area contributed by atoms with Crippen LogP contribution in [0.2, 0.25) is 0 Å². The lowest BCUT2D eigenvalue weighted by Crippen LogP contribution is -2.44. The van der Waals surface area contributed by atoms with Crippen LogP contribution in [-0.2, 0) is 16.6 Å². The summed E-state index contributed by atoms with van der Waals surface area (Å²) in [6.07, 6.45) is 0.993. The fourth-order valence-electron chi connectivity index (χ4n) is 2.69. The average Bonchev–Trinajstić information content (AvgIpc) is 2.44. The molecule has 0 amide bonds. The molecule has 5 nitrogen and oxygen atoms in total. The van der Waals surface area contributed by atoms with Crippen LogP contribution in [-0.4, -0.2) is 39.4 Å². The Morgan fingerprint density at radius 3 is 2.73 bits per heavy atom. The number of fused-ring (bicyclic) bond motifs is 1. The molecule has 0 aliphatic carbocycles. The summed E-state index contributed by atoms with van der Waals surface area (Å²) in [6.45, 7) is 5.78. The van der Waals surface area contributed by atoms with Gasteiger partial charge in [-0.25, -0.2) is 4.72 Å². The molecular weight excluding hydrogens is 322 g/mol. The lowest BCUT2D eigenvalue weighted by molar-refractivity contribution is 0.404. The van der Waals surface area contributed by atoms with Gasteiger partial charge in [0.05, 0.1) is 0 Å². The van der Waals surface area contributed by atoms with E-state index in [0.717, 1.165) is 13.0 Å². The van der Waals surface area contributed by atoms with Gasteiger partial charge in [-0.2, -0.15) is 12.7 Å². The Morgan fingerprint density at radius 2 is 2.05 bits per heavy atom. The molecule has 126 valence electrons. The van der Waals surface area contributed by atoms with Crippen LogP contribution >= 0.6 is 12.4 Å². The van der Waals surface area contributed by atoms with Gasteiger partial charge >= 0.3 is 0 Å². The number of nitrogens with zero attached hydrogens (tertiary/aromatic N) is 1. The summed E-state index contributed by atoms with van der Waals surface area (Å²) in [7, 11) is -1.80. The van der Waals surface area contributed by atoms with Gasteiger partial charge in [0, 0.05) is 26.2 Å². The lowest BCUT2D eigenvalue weighted by Gasteiger charge is -2.28. The maximum Gasteiger partial charge on any atom is 0.279 e. The minimum atomic E-state index is -3.41. The van der Waals surface area contributed by atoms with Crippen molar-refractivity contribution in [1.29, 1.82) is 0 Å². The van der Waals surface area contributed by atoms with Crippen LogP contribution in [0.1, 0.15) is 31.0 Å². The van der Waals surface area contributed by atoms with E-state index in [2.05, 4.69) is 22.2 Å². The van der Waals surface area contributed by atoms with E-state index in [1.54, 1.807) is 7.05 Å². The van der Waals surface area contributed by atoms with Gasteiger partial charge in [0.15, 0.2) is 0 Å². The van der Waals surface area contributed by atoms with Gasteiger partial charge in [-0.3, -0.25) is 0 Å². The first-order valence-electron chi connectivity index (χ1n) is 7.42. The monoisotopic (exact) mass is 347 g/mol. The Bertz CT molecular complexity index is 578. The van der Waals surface area contributed by atoms with Crippen molar-refractivity contribution in [2.24, 2.45) is 5.92 Å². The van der Waals surface area contributed by atoms with Gasteiger partial charge in [-0.05, 0) is 30.0 Å². The summed E-state index contributed by atoms with van der Waals surface area (Å²) in [5, 5.41) is 3.38. The number of rotatable bonds is 6. The first-order valence-corrected chi connectivity index (χ1v) is 8.86. The highest BCUT2D eigenvalue weighted by Gasteiger charge is 2.23. The van der Waals surface area contributed by atoms with E-state index < -0.39 is 10.2 Å². The first-order chi connectivity index (χ1) is 9.90. The normalized spacial score (nSPS) is 18.1. The van der Waals surface area contributed by atoms with Crippen molar-refractivity contribution >= 4 is 22.6 Å². The third-order valence-electron chi connectivity index (χ3n) is 3.72. The highest BCUT2D eigenvalue weighted by atomic mass is 35.5. The van der Waals surface area contributed by atoms with Crippen molar-refractivity contribution in [2.75, 3.05) is 26.7 Å². The summed E-state index contributed by atoms with van der Waals surface area (Å²) in [4.78, 5) is 0. The molecule has 0 aromatic heterocycles. The van der Waals surface area contributed by atoms with Crippen LogP contribution < -0.4 is 10.0 Å². The Balaban J connectivity index is 0.00000242. The van der Waals surface area contributed by atoms with Gasteiger partial charge < -0.3 is 5.32 Å². The Kier molecular flexibility index (Phi) is 7.28. The molecule has 2 N–H and O–H groups in total. The number of benzene rings is 1. The summed E-state index contributed by atoms with van der Waals surface area (Å²) in [6, 6.07) is 8.25. The van der Waals surface area contributed by atoms with E-state index in [1.165, 1.54) is 15.4 Å². The molecule has 0 saturated carbocycles. The van der Waals surface area contributed by atoms with Gasteiger partial charge in [0.2, 0.25) is 0 Å². The molecule has 1 unspecified atom stereocenters. The molecule has 7 heteroatoms. The lowest BCUT2D eigenvalue weighted by atomic mass is 9.95. The Hall–Kier alpha value is -0.660. The standard InChI is InChI=1S/C15H25N3O2S.ClH/c1-12(2)11-18(3)21(19,20)17-10-15-14-7-5-4-6-13(14)8-9-16-15;/h4-7,12,15-17H,8-11H2,1-3H3;1H. The number of nitrogens with one attached hydrogen (secondary N) is 2. The molecule has 0 saturated heterocycles. The molecule has 1 aromatic carbocycles. The average molecular weight is 348 g/mol. The minimum Gasteiger partial charge on any atom is -0.308 e. The Morgan fingerprint density at radius 1 is 1.36 bits per heavy atom. The second kappa shape index (κ2) is 8.26. The molecule has 1 heterocycles. The number of halogens is 1. The van der Waals surface area contributed by atoms with Crippen LogP contribution in [0.3, 0.4) is 0 Å². The molecular formula is C15H26ClN3O2S. The fourth-order valence-corrected chi connectivity index (χ4v) is 3.78. The maximum absolute atomic E-state index is 12.2. The van der Waals surface area contributed by atoms with Crippen molar-refractivity contribution in [3.63, 3.8) is 0 Å². The van der Waals surface area contributed by atoms with Crippen molar-refractivity contribution in [3.8, 4) is 0 Å². The zero-order chi connectivity index (χ0) is 15.5. The largest absolute Gasteiger partial charge is 0.308 e. The second-order valence-corrected chi connectivity index (χ2v) is 7.85. The van der Waals surface area contributed by atoms with Gasteiger partial charge in [0.25, 0.3) is 10.2 Å². The minimum absolute atomic E-state index is 0. The van der Waals surface area contributed by atoms with Crippen molar-refractivity contribution in [2.45, 2.75) is 26.3 Å². The molecule has 1 aromatic rings. The van der Waals surface area contributed by atoms with Crippen molar-refractivity contribution < 1.29 is 8.42 Å². The van der Waals surface area contributed by atoms with Crippen molar-refractivity contribution in [3.05, 3.63) is 35.4 Å². The van der Waals surface area contributed by atoms with E-state index >= 15 is 0 Å². The zero-order valence-electron chi connectivity index (χ0n) is 13.4. The highest BCUT2D eigenvalue weighted by Crippen LogP contribution is 2.22. The number of hydrogen-bond donors (Lipinski definition) is 2. The van der Waals surface area contributed by atoms with Crippen LogP contribution in [0.25, 0.3) is 0 Å².